The summed E-state index contributed by atoms with van der Waals surface area (Å²) in [6.45, 7) is 6.40. The zero-order valence-corrected chi connectivity index (χ0v) is 13.4. The lowest BCUT2D eigenvalue weighted by atomic mass is 9.93. The monoisotopic (exact) mass is 282 g/mol. The lowest BCUT2D eigenvalue weighted by molar-refractivity contribution is 0.194. The number of hydrogen-bond donors (Lipinski definition) is 1. The molecule has 2 nitrogen and oxygen atoms in total. The first-order valence-corrected chi connectivity index (χ1v) is 7.58. The Labute approximate surface area is 123 Å². The van der Waals surface area contributed by atoms with Crippen LogP contribution in [0.5, 0.6) is 0 Å². The van der Waals surface area contributed by atoms with Crippen LogP contribution >= 0.6 is 11.6 Å². The number of halogens is 1. The summed E-state index contributed by atoms with van der Waals surface area (Å²) < 4.78 is 0. The molecule has 0 aliphatic carbocycles. The van der Waals surface area contributed by atoms with Crippen LogP contribution in [0.2, 0.25) is 5.02 Å². The highest BCUT2D eigenvalue weighted by atomic mass is 35.5. The van der Waals surface area contributed by atoms with Crippen molar-refractivity contribution in [2.24, 2.45) is 5.92 Å². The lowest BCUT2D eigenvalue weighted by Gasteiger charge is -2.31. The van der Waals surface area contributed by atoms with E-state index in [1.54, 1.807) is 0 Å². The van der Waals surface area contributed by atoms with E-state index in [1.807, 2.05) is 18.2 Å². The standard InChI is InChI=1S/C16H27ClN2/c1-5-13(6-2)16(19(3)4)12-18-11-14-9-7-8-10-15(14)17/h7-10,13,16,18H,5-6,11-12H2,1-4H3. The van der Waals surface area contributed by atoms with Crippen LogP contribution in [0.3, 0.4) is 0 Å². The maximum absolute atomic E-state index is 6.17. The lowest BCUT2D eigenvalue weighted by Crippen LogP contribution is -2.42. The smallest absolute Gasteiger partial charge is 0.0450 e. The van der Waals surface area contributed by atoms with Gasteiger partial charge in [-0.25, -0.2) is 0 Å². The molecule has 0 heterocycles. The van der Waals surface area contributed by atoms with Gasteiger partial charge in [-0.3, -0.25) is 0 Å². The zero-order chi connectivity index (χ0) is 14.3. The average molecular weight is 283 g/mol. The first-order chi connectivity index (χ1) is 9.10. The van der Waals surface area contributed by atoms with E-state index >= 15 is 0 Å². The van der Waals surface area contributed by atoms with Crippen molar-refractivity contribution >= 4 is 11.6 Å². The van der Waals surface area contributed by atoms with Crippen molar-refractivity contribution < 1.29 is 0 Å². The van der Waals surface area contributed by atoms with Gasteiger partial charge >= 0.3 is 0 Å². The Morgan fingerprint density at radius 3 is 2.32 bits per heavy atom. The molecule has 0 radical (unpaired) electrons. The molecule has 1 aromatic carbocycles. The van der Waals surface area contributed by atoms with Gasteiger partial charge in [0.2, 0.25) is 0 Å². The van der Waals surface area contributed by atoms with Gasteiger partial charge in [-0.2, -0.15) is 0 Å². The SMILES string of the molecule is CCC(CC)C(CNCc1ccccc1Cl)N(C)C. The van der Waals surface area contributed by atoms with Crippen LogP contribution in [-0.2, 0) is 6.54 Å². The fourth-order valence-electron chi connectivity index (χ4n) is 2.60. The van der Waals surface area contributed by atoms with Crippen molar-refractivity contribution in [2.75, 3.05) is 20.6 Å². The Morgan fingerprint density at radius 2 is 1.79 bits per heavy atom. The van der Waals surface area contributed by atoms with Gasteiger partial charge in [0, 0.05) is 24.2 Å². The topological polar surface area (TPSA) is 15.3 Å². The maximum Gasteiger partial charge on any atom is 0.0450 e. The Bertz CT molecular complexity index is 362. The summed E-state index contributed by atoms with van der Waals surface area (Å²) in [5, 5.41) is 4.39. The maximum atomic E-state index is 6.17. The van der Waals surface area contributed by atoms with Gasteiger partial charge in [-0.05, 0) is 31.6 Å². The molecule has 1 atom stereocenters. The van der Waals surface area contributed by atoms with Gasteiger partial charge in [0.25, 0.3) is 0 Å². The number of benzene rings is 1. The van der Waals surface area contributed by atoms with E-state index in [9.17, 15) is 0 Å². The van der Waals surface area contributed by atoms with Crippen LogP contribution in [-0.4, -0.2) is 31.6 Å². The fourth-order valence-corrected chi connectivity index (χ4v) is 2.80. The Kier molecular flexibility index (Phi) is 7.44. The molecule has 0 aromatic heterocycles. The first-order valence-electron chi connectivity index (χ1n) is 7.20. The molecule has 108 valence electrons. The van der Waals surface area contributed by atoms with Crippen molar-refractivity contribution in [3.8, 4) is 0 Å². The van der Waals surface area contributed by atoms with Crippen molar-refractivity contribution in [3.63, 3.8) is 0 Å². The van der Waals surface area contributed by atoms with Gasteiger partial charge in [0.15, 0.2) is 0 Å². The molecule has 0 saturated carbocycles. The molecule has 0 aliphatic heterocycles. The Morgan fingerprint density at radius 1 is 1.16 bits per heavy atom. The second kappa shape index (κ2) is 8.57. The van der Waals surface area contributed by atoms with Crippen molar-refractivity contribution in [2.45, 2.75) is 39.3 Å². The molecular formula is C16H27ClN2. The third-order valence-corrected chi connectivity index (χ3v) is 4.25. The molecule has 19 heavy (non-hydrogen) atoms. The van der Waals surface area contributed by atoms with Crippen LogP contribution < -0.4 is 5.32 Å². The molecule has 0 fully saturated rings. The van der Waals surface area contributed by atoms with Gasteiger partial charge < -0.3 is 10.2 Å². The molecule has 1 rings (SSSR count). The van der Waals surface area contributed by atoms with Gasteiger partial charge in [0.05, 0.1) is 0 Å². The van der Waals surface area contributed by atoms with Gasteiger partial charge in [-0.15, -0.1) is 0 Å². The highest BCUT2D eigenvalue weighted by molar-refractivity contribution is 6.31. The van der Waals surface area contributed by atoms with E-state index in [4.69, 9.17) is 11.6 Å². The van der Waals surface area contributed by atoms with E-state index < -0.39 is 0 Å². The van der Waals surface area contributed by atoms with Crippen LogP contribution in [0.15, 0.2) is 24.3 Å². The van der Waals surface area contributed by atoms with Crippen molar-refractivity contribution in [3.05, 3.63) is 34.9 Å². The normalized spacial score (nSPS) is 13.2. The molecule has 0 saturated heterocycles. The van der Waals surface area contributed by atoms with Crippen LogP contribution in [0.1, 0.15) is 32.3 Å². The summed E-state index contributed by atoms with van der Waals surface area (Å²) in [7, 11) is 4.33. The average Bonchev–Trinajstić information content (AvgIpc) is 2.40. The first kappa shape index (κ1) is 16.5. The summed E-state index contributed by atoms with van der Waals surface area (Å²) in [4.78, 5) is 2.33. The second-order valence-electron chi connectivity index (χ2n) is 5.33. The predicted molar refractivity (Wildman–Crippen MR) is 84.7 cm³/mol. The van der Waals surface area contributed by atoms with Gasteiger partial charge in [0.1, 0.15) is 0 Å². The molecule has 1 N–H and O–H groups in total. The van der Waals surface area contributed by atoms with E-state index in [1.165, 1.54) is 18.4 Å². The summed E-state index contributed by atoms with van der Waals surface area (Å²) in [6.07, 6.45) is 2.46. The molecule has 3 heteroatoms. The molecule has 0 amide bonds. The molecule has 0 bridgehead atoms. The number of rotatable bonds is 8. The largest absolute Gasteiger partial charge is 0.311 e. The Hall–Kier alpha value is -0.570. The van der Waals surface area contributed by atoms with Crippen LogP contribution in [0, 0.1) is 5.92 Å². The van der Waals surface area contributed by atoms with E-state index in [0.717, 1.165) is 24.0 Å². The number of nitrogens with zero attached hydrogens (tertiary/aromatic N) is 1. The minimum absolute atomic E-state index is 0.581. The number of likely N-dealkylation sites (N-methyl/N-ethyl adjacent to an activating group) is 1. The van der Waals surface area contributed by atoms with E-state index in [2.05, 4.69) is 44.2 Å². The highest BCUT2D eigenvalue weighted by Crippen LogP contribution is 2.17. The Balaban J connectivity index is 2.51. The third-order valence-electron chi connectivity index (χ3n) is 3.88. The predicted octanol–water partition coefficient (Wildman–Crippen LogP) is 3.80. The molecular weight excluding hydrogens is 256 g/mol. The molecule has 1 aromatic rings. The third kappa shape index (κ3) is 5.13. The van der Waals surface area contributed by atoms with E-state index in [-0.39, 0.29) is 0 Å². The minimum atomic E-state index is 0.581. The molecule has 0 aliphatic rings. The van der Waals surface area contributed by atoms with E-state index in [0.29, 0.717) is 6.04 Å². The van der Waals surface area contributed by atoms with Crippen LogP contribution in [0.25, 0.3) is 0 Å². The number of nitrogens with one attached hydrogen (secondary N) is 1. The van der Waals surface area contributed by atoms with Gasteiger partial charge in [-0.1, -0.05) is 56.5 Å². The zero-order valence-electron chi connectivity index (χ0n) is 12.6. The van der Waals surface area contributed by atoms with Crippen molar-refractivity contribution in [1.82, 2.24) is 10.2 Å². The second-order valence-corrected chi connectivity index (χ2v) is 5.74. The quantitative estimate of drug-likeness (QED) is 0.780. The fraction of sp³-hybridized carbons (Fsp3) is 0.625. The number of hydrogen-bond acceptors (Lipinski definition) is 2. The summed E-state index contributed by atoms with van der Waals surface area (Å²) in [5.74, 6) is 0.744. The van der Waals surface area contributed by atoms with Crippen LogP contribution in [0.4, 0.5) is 0 Å². The minimum Gasteiger partial charge on any atom is -0.311 e. The molecule has 0 spiro atoms. The van der Waals surface area contributed by atoms with Crippen molar-refractivity contribution in [1.29, 1.82) is 0 Å². The molecule has 1 unspecified atom stereocenters. The summed E-state index contributed by atoms with van der Waals surface area (Å²) in [6, 6.07) is 8.61. The summed E-state index contributed by atoms with van der Waals surface area (Å²) in [5.41, 5.74) is 1.17. The highest BCUT2D eigenvalue weighted by Gasteiger charge is 2.19. The summed E-state index contributed by atoms with van der Waals surface area (Å²) >= 11 is 6.17.